The summed E-state index contributed by atoms with van der Waals surface area (Å²) in [6, 6.07) is 3.69. The molecule has 1 N–H and O–H groups in total. The maximum Gasteiger partial charge on any atom is 0.0406 e. The molecule has 3 heteroatoms. The summed E-state index contributed by atoms with van der Waals surface area (Å²) in [5, 5.41) is 0. The van der Waals surface area contributed by atoms with Gasteiger partial charge in [-0.3, -0.25) is 0 Å². The van der Waals surface area contributed by atoms with Crippen molar-refractivity contribution in [2.45, 2.75) is 13.8 Å². The fourth-order valence-corrected chi connectivity index (χ4v) is 0.508. The van der Waals surface area contributed by atoms with Gasteiger partial charge >= 0.3 is 0 Å². The number of aromatic nitrogens is 1. The first-order valence-corrected chi connectivity index (χ1v) is 3.43. The van der Waals surface area contributed by atoms with Gasteiger partial charge in [0.25, 0.3) is 0 Å². The van der Waals surface area contributed by atoms with Gasteiger partial charge in [-0.25, -0.2) is 0 Å². The number of rotatable bonds is 0. The molecule has 1 rings (SSSR count). The summed E-state index contributed by atoms with van der Waals surface area (Å²) in [6.07, 6.45) is 3.62. The van der Waals surface area contributed by atoms with E-state index in [0.717, 1.165) is 4.51 Å². The van der Waals surface area contributed by atoms with Gasteiger partial charge < -0.3 is 4.98 Å². The van der Waals surface area contributed by atoms with Gasteiger partial charge in [-0.1, -0.05) is 26.1 Å². The third-order valence-corrected chi connectivity index (χ3v) is 0.960. The van der Waals surface area contributed by atoms with Crippen LogP contribution < -0.4 is 0 Å². The maximum absolute atomic E-state index is 4.79. The monoisotopic (exact) mass is 177 g/mol. The summed E-state index contributed by atoms with van der Waals surface area (Å²) in [4.78, 5) is 2.87. The molecule has 0 atom stereocenters. The molecule has 0 amide bonds. The highest BCUT2D eigenvalue weighted by Crippen LogP contribution is 1.82. The molecule has 0 radical (unpaired) electrons. The number of halogens is 1. The molecule has 0 unspecified atom stereocenters. The number of nitrogens with one attached hydrogen (secondary N) is 1. The van der Waals surface area contributed by atoms with E-state index < -0.39 is 0 Å². The van der Waals surface area contributed by atoms with Crippen molar-refractivity contribution >= 4 is 24.6 Å². The van der Waals surface area contributed by atoms with Crippen LogP contribution in [0.25, 0.3) is 0 Å². The zero-order chi connectivity index (χ0) is 7.11. The van der Waals surface area contributed by atoms with Crippen LogP contribution in [-0.4, -0.2) is 4.98 Å². The highest BCUT2D eigenvalue weighted by molar-refractivity contribution is 7.71. The lowest BCUT2D eigenvalue weighted by atomic mass is 10.5. The molecule has 0 saturated carbocycles. The summed E-state index contributed by atoms with van der Waals surface area (Å²) in [5.41, 5.74) is 0. The molecule has 0 aliphatic rings. The summed E-state index contributed by atoms with van der Waals surface area (Å²) >= 11 is 4.79. The Kier molecular flexibility index (Phi) is 10.7. The minimum absolute atomic E-state index is 0. The molecule has 0 aromatic carbocycles. The van der Waals surface area contributed by atoms with Crippen molar-refractivity contribution in [1.82, 2.24) is 4.98 Å². The summed E-state index contributed by atoms with van der Waals surface area (Å²) in [5.74, 6) is 0. The average Bonchev–Trinajstić information content (AvgIpc) is 1.94. The Labute approximate surface area is 72.9 Å². The van der Waals surface area contributed by atoms with Gasteiger partial charge in [-0.15, -0.1) is 12.4 Å². The minimum atomic E-state index is 0. The van der Waals surface area contributed by atoms with E-state index in [1.807, 2.05) is 38.4 Å². The van der Waals surface area contributed by atoms with E-state index in [2.05, 4.69) is 4.98 Å². The van der Waals surface area contributed by atoms with Crippen molar-refractivity contribution in [2.75, 3.05) is 0 Å². The molecule has 0 bridgehead atoms. The molecular weight excluding hydrogens is 166 g/mol. The topological polar surface area (TPSA) is 15.8 Å². The standard InChI is InChI=1S/C5H5NS.C2H6.ClH/c7-5-1-3-6-4-2-5;1-2;/h1-4H,(H,6,7);1-2H3;1H. The first-order valence-electron chi connectivity index (χ1n) is 3.03. The minimum Gasteiger partial charge on any atom is -0.368 e. The first-order chi connectivity index (χ1) is 4.39. The van der Waals surface area contributed by atoms with Gasteiger partial charge in [0, 0.05) is 16.9 Å². The van der Waals surface area contributed by atoms with E-state index in [1.165, 1.54) is 0 Å². The number of H-pyrrole nitrogens is 1. The molecule has 58 valence electrons. The normalized spacial score (nSPS) is 6.60. The molecule has 0 aliphatic carbocycles. The predicted molar refractivity (Wildman–Crippen MR) is 50.2 cm³/mol. The van der Waals surface area contributed by atoms with Crippen LogP contribution in [-0.2, 0) is 0 Å². The lowest BCUT2D eigenvalue weighted by Crippen LogP contribution is -1.62. The largest absolute Gasteiger partial charge is 0.368 e. The quantitative estimate of drug-likeness (QED) is 0.602. The van der Waals surface area contributed by atoms with Crippen molar-refractivity contribution in [3.8, 4) is 0 Å². The molecule has 0 aliphatic heterocycles. The third kappa shape index (κ3) is 5.79. The molecule has 0 fully saturated rings. The molecule has 10 heavy (non-hydrogen) atoms. The zero-order valence-electron chi connectivity index (χ0n) is 6.13. The second-order valence-corrected chi connectivity index (χ2v) is 1.71. The summed E-state index contributed by atoms with van der Waals surface area (Å²) < 4.78 is 0.874. The Bertz CT molecular complexity index is 179. The Balaban J connectivity index is 0. The Morgan fingerprint density at radius 3 is 1.80 bits per heavy atom. The van der Waals surface area contributed by atoms with Crippen molar-refractivity contribution in [2.24, 2.45) is 0 Å². The molecular formula is C7H12ClNS. The average molecular weight is 178 g/mol. The molecule has 1 aromatic heterocycles. The second-order valence-electron chi connectivity index (χ2n) is 1.24. The highest BCUT2D eigenvalue weighted by Gasteiger charge is 1.66. The Morgan fingerprint density at radius 2 is 1.60 bits per heavy atom. The fourth-order valence-electron chi connectivity index (χ4n) is 0.372. The van der Waals surface area contributed by atoms with Crippen molar-refractivity contribution < 1.29 is 0 Å². The van der Waals surface area contributed by atoms with E-state index in [0.29, 0.717) is 0 Å². The van der Waals surface area contributed by atoms with Crippen LogP contribution in [0.3, 0.4) is 0 Å². The molecule has 1 aromatic rings. The number of hydrogen-bond acceptors (Lipinski definition) is 1. The van der Waals surface area contributed by atoms with Gasteiger partial charge in [-0.05, 0) is 12.1 Å². The first kappa shape index (κ1) is 12.3. The second kappa shape index (κ2) is 8.66. The van der Waals surface area contributed by atoms with Crippen LogP contribution in [0, 0.1) is 4.51 Å². The maximum atomic E-state index is 4.79. The van der Waals surface area contributed by atoms with Crippen molar-refractivity contribution in [1.29, 1.82) is 0 Å². The van der Waals surface area contributed by atoms with E-state index >= 15 is 0 Å². The molecule has 0 saturated heterocycles. The van der Waals surface area contributed by atoms with Crippen molar-refractivity contribution in [3.05, 3.63) is 29.0 Å². The summed E-state index contributed by atoms with van der Waals surface area (Å²) in [6.45, 7) is 4.00. The number of pyridine rings is 1. The van der Waals surface area contributed by atoms with Gasteiger partial charge in [0.05, 0.1) is 0 Å². The zero-order valence-corrected chi connectivity index (χ0v) is 7.76. The molecule has 1 heterocycles. The molecule has 1 nitrogen and oxygen atoms in total. The predicted octanol–water partition coefficient (Wildman–Crippen LogP) is 3.19. The van der Waals surface area contributed by atoms with E-state index in [-0.39, 0.29) is 12.4 Å². The van der Waals surface area contributed by atoms with Crippen LogP contribution in [0.1, 0.15) is 13.8 Å². The van der Waals surface area contributed by atoms with Gasteiger partial charge in [-0.2, -0.15) is 0 Å². The van der Waals surface area contributed by atoms with E-state index in [1.54, 1.807) is 0 Å². The third-order valence-electron chi connectivity index (χ3n) is 0.688. The number of aromatic amines is 1. The lowest BCUT2D eigenvalue weighted by Gasteiger charge is -1.75. The fraction of sp³-hybridized carbons (Fsp3) is 0.286. The van der Waals surface area contributed by atoms with Gasteiger partial charge in [0.15, 0.2) is 0 Å². The molecule has 0 spiro atoms. The number of hydrogen-bond donors (Lipinski definition) is 1. The SMILES string of the molecule is CC.Cl.S=c1cc[nH]cc1. The van der Waals surface area contributed by atoms with E-state index in [4.69, 9.17) is 12.2 Å². The van der Waals surface area contributed by atoms with Crippen LogP contribution in [0.4, 0.5) is 0 Å². The van der Waals surface area contributed by atoms with Gasteiger partial charge in [0.2, 0.25) is 0 Å². The van der Waals surface area contributed by atoms with Crippen LogP contribution in [0.2, 0.25) is 0 Å². The highest BCUT2D eigenvalue weighted by atomic mass is 35.5. The van der Waals surface area contributed by atoms with Gasteiger partial charge in [0.1, 0.15) is 0 Å². The van der Waals surface area contributed by atoms with Crippen LogP contribution in [0.15, 0.2) is 24.5 Å². The lowest BCUT2D eigenvalue weighted by molar-refractivity contribution is 1.32. The summed E-state index contributed by atoms with van der Waals surface area (Å²) in [7, 11) is 0. The van der Waals surface area contributed by atoms with E-state index in [9.17, 15) is 0 Å². The Hall–Kier alpha value is -0.340. The van der Waals surface area contributed by atoms with Crippen molar-refractivity contribution in [3.63, 3.8) is 0 Å². The Morgan fingerprint density at radius 1 is 1.20 bits per heavy atom. The van der Waals surface area contributed by atoms with Crippen LogP contribution >= 0.6 is 24.6 Å². The smallest absolute Gasteiger partial charge is 0.0406 e. The van der Waals surface area contributed by atoms with Crippen LogP contribution in [0.5, 0.6) is 0 Å².